The van der Waals surface area contributed by atoms with E-state index in [0.29, 0.717) is 6.42 Å². The molecule has 0 bridgehead atoms. The molecular weight excluding hydrogens is 224 g/mol. The van der Waals surface area contributed by atoms with E-state index in [0.717, 1.165) is 12.8 Å². The number of Topliss-reactive ketones (excluding diaryl/α,β-unsaturated/α-hetero) is 2. The molecule has 0 saturated heterocycles. The maximum atomic E-state index is 11.4. The van der Waals surface area contributed by atoms with Crippen LogP contribution in [0.1, 0.15) is 85.0 Å². The van der Waals surface area contributed by atoms with Crippen LogP contribution in [0, 0.1) is 5.92 Å². The summed E-state index contributed by atoms with van der Waals surface area (Å²) in [6.07, 6.45) is 11.6. The number of rotatable bonds is 12. The van der Waals surface area contributed by atoms with Crippen molar-refractivity contribution < 1.29 is 9.59 Å². The summed E-state index contributed by atoms with van der Waals surface area (Å²) in [4.78, 5) is 22.4. The Morgan fingerprint density at radius 1 is 0.833 bits per heavy atom. The summed E-state index contributed by atoms with van der Waals surface area (Å²) in [5.41, 5.74) is 0. The number of unbranched alkanes of at least 4 members (excludes halogenated alkanes) is 7. The lowest BCUT2D eigenvalue weighted by Crippen LogP contribution is -2.14. The highest BCUT2D eigenvalue weighted by atomic mass is 16.1. The van der Waals surface area contributed by atoms with E-state index in [9.17, 15) is 9.59 Å². The first-order valence-electron chi connectivity index (χ1n) is 7.57. The first-order chi connectivity index (χ1) is 8.57. The fraction of sp³-hybridized carbons (Fsp3) is 0.875. The standard InChI is InChI=1S/C16H30O2/c1-4-5-6-7-8-9-10-11-12-16(15(3)18)13-14(2)17/h16H,4-13H2,1-3H3. The summed E-state index contributed by atoms with van der Waals surface area (Å²) >= 11 is 0. The largest absolute Gasteiger partial charge is 0.300 e. The average molecular weight is 254 g/mol. The van der Waals surface area contributed by atoms with E-state index in [1.165, 1.54) is 44.9 Å². The molecule has 1 atom stereocenters. The fourth-order valence-corrected chi connectivity index (χ4v) is 2.32. The van der Waals surface area contributed by atoms with Crippen molar-refractivity contribution in [3.63, 3.8) is 0 Å². The van der Waals surface area contributed by atoms with Gasteiger partial charge in [-0.05, 0) is 20.3 Å². The lowest BCUT2D eigenvalue weighted by Gasteiger charge is -2.11. The van der Waals surface area contributed by atoms with Crippen molar-refractivity contribution >= 4 is 11.6 Å². The zero-order valence-electron chi connectivity index (χ0n) is 12.5. The molecule has 0 aliphatic rings. The number of ketones is 2. The maximum Gasteiger partial charge on any atom is 0.133 e. The first kappa shape index (κ1) is 17.3. The fourth-order valence-electron chi connectivity index (χ4n) is 2.32. The number of hydrogen-bond donors (Lipinski definition) is 0. The van der Waals surface area contributed by atoms with E-state index < -0.39 is 0 Å². The topological polar surface area (TPSA) is 34.1 Å². The van der Waals surface area contributed by atoms with Crippen LogP contribution in [0.2, 0.25) is 0 Å². The first-order valence-corrected chi connectivity index (χ1v) is 7.57. The zero-order valence-corrected chi connectivity index (χ0v) is 12.5. The van der Waals surface area contributed by atoms with Crippen LogP contribution in [-0.2, 0) is 9.59 Å². The third-order valence-corrected chi connectivity index (χ3v) is 3.51. The van der Waals surface area contributed by atoms with Gasteiger partial charge in [-0.3, -0.25) is 4.79 Å². The van der Waals surface area contributed by atoms with Crippen LogP contribution in [0.15, 0.2) is 0 Å². The summed E-state index contributed by atoms with van der Waals surface area (Å²) in [5, 5.41) is 0. The van der Waals surface area contributed by atoms with Gasteiger partial charge in [-0.2, -0.15) is 0 Å². The molecule has 0 spiro atoms. The minimum absolute atomic E-state index is 0.0254. The Hall–Kier alpha value is -0.660. The molecule has 0 aliphatic heterocycles. The van der Waals surface area contributed by atoms with Crippen molar-refractivity contribution in [1.29, 1.82) is 0 Å². The molecule has 0 fully saturated rings. The average Bonchev–Trinajstić information content (AvgIpc) is 2.30. The molecule has 1 unspecified atom stereocenters. The van der Waals surface area contributed by atoms with Crippen LogP contribution < -0.4 is 0 Å². The Labute approximate surface area is 113 Å². The van der Waals surface area contributed by atoms with E-state index in [4.69, 9.17) is 0 Å². The summed E-state index contributed by atoms with van der Waals surface area (Å²) in [7, 11) is 0. The van der Waals surface area contributed by atoms with Gasteiger partial charge in [0, 0.05) is 12.3 Å². The highest BCUT2D eigenvalue weighted by Crippen LogP contribution is 2.17. The van der Waals surface area contributed by atoms with Crippen LogP contribution in [0.25, 0.3) is 0 Å². The molecule has 0 aliphatic carbocycles. The predicted octanol–water partition coefficient (Wildman–Crippen LogP) is 4.70. The minimum atomic E-state index is -0.0254. The molecule has 0 aromatic rings. The van der Waals surface area contributed by atoms with Crippen LogP contribution >= 0.6 is 0 Å². The second-order valence-corrected chi connectivity index (χ2v) is 5.48. The van der Waals surface area contributed by atoms with E-state index in [-0.39, 0.29) is 17.5 Å². The predicted molar refractivity (Wildman–Crippen MR) is 76.7 cm³/mol. The third kappa shape index (κ3) is 10.5. The maximum absolute atomic E-state index is 11.4. The Balaban J connectivity index is 3.49. The summed E-state index contributed by atoms with van der Waals surface area (Å²) in [6, 6.07) is 0. The molecule has 106 valence electrons. The third-order valence-electron chi connectivity index (χ3n) is 3.51. The molecular formula is C16H30O2. The van der Waals surface area contributed by atoms with Gasteiger partial charge in [0.25, 0.3) is 0 Å². The van der Waals surface area contributed by atoms with Crippen LogP contribution in [0.3, 0.4) is 0 Å². The van der Waals surface area contributed by atoms with Crippen molar-refractivity contribution in [2.24, 2.45) is 5.92 Å². The summed E-state index contributed by atoms with van der Waals surface area (Å²) in [5.74, 6) is 0.283. The van der Waals surface area contributed by atoms with Crippen LogP contribution in [0.4, 0.5) is 0 Å². The second kappa shape index (κ2) is 11.4. The molecule has 2 heteroatoms. The molecule has 0 N–H and O–H groups in total. The van der Waals surface area contributed by atoms with Crippen molar-refractivity contribution in [2.75, 3.05) is 0 Å². The van der Waals surface area contributed by atoms with Gasteiger partial charge in [0.1, 0.15) is 11.6 Å². The van der Waals surface area contributed by atoms with E-state index in [1.54, 1.807) is 13.8 Å². The lowest BCUT2D eigenvalue weighted by molar-refractivity contribution is -0.126. The van der Waals surface area contributed by atoms with Gasteiger partial charge in [0.15, 0.2) is 0 Å². The quantitative estimate of drug-likeness (QED) is 0.473. The van der Waals surface area contributed by atoms with Gasteiger partial charge < -0.3 is 4.79 Å². The van der Waals surface area contributed by atoms with Crippen LogP contribution in [-0.4, -0.2) is 11.6 Å². The molecule has 2 nitrogen and oxygen atoms in total. The van der Waals surface area contributed by atoms with Crippen molar-refractivity contribution in [3.8, 4) is 0 Å². The van der Waals surface area contributed by atoms with Gasteiger partial charge >= 0.3 is 0 Å². The molecule has 0 heterocycles. The Kier molecular flexibility index (Phi) is 11.0. The normalized spacial score (nSPS) is 12.4. The van der Waals surface area contributed by atoms with Gasteiger partial charge in [-0.1, -0.05) is 58.3 Å². The minimum Gasteiger partial charge on any atom is -0.300 e. The van der Waals surface area contributed by atoms with Gasteiger partial charge in [0.05, 0.1) is 0 Å². The van der Waals surface area contributed by atoms with Gasteiger partial charge in [-0.25, -0.2) is 0 Å². The lowest BCUT2D eigenvalue weighted by atomic mass is 9.92. The zero-order chi connectivity index (χ0) is 13.8. The summed E-state index contributed by atoms with van der Waals surface area (Å²) in [6.45, 7) is 5.42. The van der Waals surface area contributed by atoms with E-state index >= 15 is 0 Å². The monoisotopic (exact) mass is 254 g/mol. The van der Waals surface area contributed by atoms with Crippen molar-refractivity contribution in [3.05, 3.63) is 0 Å². The molecule has 0 saturated carbocycles. The number of carbonyl (C=O) groups is 2. The molecule has 0 aromatic carbocycles. The SMILES string of the molecule is CCCCCCCCCCC(CC(C)=O)C(C)=O. The summed E-state index contributed by atoms with van der Waals surface area (Å²) < 4.78 is 0. The highest BCUT2D eigenvalue weighted by Gasteiger charge is 2.15. The van der Waals surface area contributed by atoms with E-state index in [2.05, 4.69) is 6.92 Å². The molecule has 0 aromatic heterocycles. The number of carbonyl (C=O) groups excluding carboxylic acids is 2. The second-order valence-electron chi connectivity index (χ2n) is 5.48. The van der Waals surface area contributed by atoms with E-state index in [1.807, 2.05) is 0 Å². The Morgan fingerprint density at radius 2 is 1.33 bits per heavy atom. The Morgan fingerprint density at radius 3 is 1.78 bits per heavy atom. The van der Waals surface area contributed by atoms with Crippen molar-refractivity contribution in [1.82, 2.24) is 0 Å². The molecule has 0 rings (SSSR count). The Bertz CT molecular complexity index is 233. The van der Waals surface area contributed by atoms with Crippen LogP contribution in [0.5, 0.6) is 0 Å². The van der Waals surface area contributed by atoms with Gasteiger partial charge in [0.2, 0.25) is 0 Å². The van der Waals surface area contributed by atoms with Gasteiger partial charge in [-0.15, -0.1) is 0 Å². The van der Waals surface area contributed by atoms with Crippen molar-refractivity contribution in [2.45, 2.75) is 85.0 Å². The molecule has 18 heavy (non-hydrogen) atoms. The smallest absolute Gasteiger partial charge is 0.133 e. The highest BCUT2D eigenvalue weighted by molar-refractivity contribution is 5.85. The number of hydrogen-bond acceptors (Lipinski definition) is 2. The molecule has 0 amide bonds. The molecule has 0 radical (unpaired) electrons.